The van der Waals surface area contributed by atoms with Gasteiger partial charge in [0.05, 0.1) is 0 Å². The van der Waals surface area contributed by atoms with Gasteiger partial charge in [0.25, 0.3) is 0 Å². The molecule has 0 saturated carbocycles. The van der Waals surface area contributed by atoms with Crippen molar-refractivity contribution in [1.29, 1.82) is 0 Å². The molecule has 0 rings (SSSR count). The van der Waals surface area contributed by atoms with E-state index in [0.717, 1.165) is 122 Å². The van der Waals surface area contributed by atoms with Crippen molar-refractivity contribution in [3.63, 3.8) is 0 Å². The summed E-state index contributed by atoms with van der Waals surface area (Å²) >= 11 is 0. The lowest BCUT2D eigenvalue weighted by Gasteiger charge is -2.18. The van der Waals surface area contributed by atoms with Gasteiger partial charge in [-0.3, -0.25) is 14.4 Å². The summed E-state index contributed by atoms with van der Waals surface area (Å²) in [5, 5.41) is 0. The van der Waals surface area contributed by atoms with Crippen molar-refractivity contribution in [2.75, 3.05) is 13.2 Å². The van der Waals surface area contributed by atoms with Crippen molar-refractivity contribution in [3.8, 4) is 0 Å². The fourth-order valence-electron chi connectivity index (χ4n) is 9.51. The minimum Gasteiger partial charge on any atom is -0.462 e. The van der Waals surface area contributed by atoms with E-state index in [0.29, 0.717) is 19.3 Å². The molecule has 0 aromatic carbocycles. The molecule has 6 nitrogen and oxygen atoms in total. The number of hydrogen-bond acceptors (Lipinski definition) is 6. The van der Waals surface area contributed by atoms with E-state index in [-0.39, 0.29) is 31.1 Å². The highest BCUT2D eigenvalue weighted by atomic mass is 16.6. The zero-order valence-corrected chi connectivity index (χ0v) is 53.7. The summed E-state index contributed by atoms with van der Waals surface area (Å²) in [6.45, 7) is 6.50. The van der Waals surface area contributed by atoms with Crippen molar-refractivity contribution in [2.24, 2.45) is 0 Å². The van der Waals surface area contributed by atoms with Crippen molar-refractivity contribution < 1.29 is 28.6 Å². The normalized spacial score (nSPS) is 12.9. The van der Waals surface area contributed by atoms with Crippen molar-refractivity contribution in [3.05, 3.63) is 122 Å². The Morgan fingerprint density at radius 1 is 0.256 bits per heavy atom. The second-order valence-corrected chi connectivity index (χ2v) is 22.7. The van der Waals surface area contributed by atoms with Crippen LogP contribution in [-0.4, -0.2) is 37.2 Å². The van der Waals surface area contributed by atoms with E-state index in [1.54, 1.807) is 0 Å². The minimum atomic E-state index is -0.790. The first-order chi connectivity index (χ1) is 40.5. The van der Waals surface area contributed by atoms with Gasteiger partial charge < -0.3 is 14.2 Å². The number of hydrogen-bond donors (Lipinski definition) is 0. The van der Waals surface area contributed by atoms with Crippen molar-refractivity contribution >= 4 is 17.9 Å². The number of allylic oxidation sites excluding steroid dienone is 20. The number of esters is 3. The van der Waals surface area contributed by atoms with E-state index in [1.165, 1.54) is 161 Å². The minimum absolute atomic E-state index is 0.0859. The molecule has 0 saturated heterocycles. The van der Waals surface area contributed by atoms with Gasteiger partial charge in [-0.2, -0.15) is 0 Å². The Morgan fingerprint density at radius 3 is 0.780 bits per heavy atom. The molecule has 0 heterocycles. The zero-order valence-electron chi connectivity index (χ0n) is 53.7. The lowest BCUT2D eigenvalue weighted by molar-refractivity contribution is -0.167. The predicted molar refractivity (Wildman–Crippen MR) is 357 cm³/mol. The van der Waals surface area contributed by atoms with E-state index >= 15 is 0 Å². The first kappa shape index (κ1) is 77.8. The lowest BCUT2D eigenvalue weighted by Crippen LogP contribution is -2.30. The van der Waals surface area contributed by atoms with Gasteiger partial charge in [-0.1, -0.05) is 290 Å². The maximum absolute atomic E-state index is 12.9. The second kappa shape index (κ2) is 69.3. The molecule has 0 fully saturated rings. The van der Waals surface area contributed by atoms with Crippen LogP contribution in [0.5, 0.6) is 0 Å². The summed E-state index contributed by atoms with van der Waals surface area (Å²) < 4.78 is 17.0. The van der Waals surface area contributed by atoms with Crippen LogP contribution in [0.2, 0.25) is 0 Å². The Kier molecular flexibility index (Phi) is 65.8. The third-order valence-corrected chi connectivity index (χ3v) is 14.7. The average molecular weight is 1140 g/mol. The van der Waals surface area contributed by atoms with Crippen LogP contribution in [0.1, 0.15) is 323 Å². The molecule has 0 N–H and O–H groups in total. The molecular weight excluding hydrogens is 1010 g/mol. The van der Waals surface area contributed by atoms with Crippen LogP contribution < -0.4 is 0 Å². The van der Waals surface area contributed by atoms with Crippen LogP contribution in [0, 0.1) is 0 Å². The number of ether oxygens (including phenoxy) is 3. The van der Waals surface area contributed by atoms with E-state index in [4.69, 9.17) is 14.2 Å². The summed E-state index contributed by atoms with van der Waals surface area (Å²) in [7, 11) is 0. The predicted octanol–water partition coefficient (Wildman–Crippen LogP) is 23.9. The van der Waals surface area contributed by atoms with Crippen LogP contribution in [0.25, 0.3) is 0 Å². The zero-order chi connectivity index (χ0) is 59.2. The molecule has 82 heavy (non-hydrogen) atoms. The highest BCUT2D eigenvalue weighted by Crippen LogP contribution is 2.16. The molecule has 0 radical (unpaired) electrons. The highest BCUT2D eigenvalue weighted by molar-refractivity contribution is 5.71. The summed E-state index contributed by atoms with van der Waals surface area (Å²) in [6.07, 6.45) is 96.4. The van der Waals surface area contributed by atoms with Gasteiger partial charge in [0.1, 0.15) is 13.2 Å². The first-order valence-corrected chi connectivity index (χ1v) is 34.5. The van der Waals surface area contributed by atoms with Gasteiger partial charge in [0.2, 0.25) is 0 Å². The molecule has 0 aromatic rings. The Bertz CT molecular complexity index is 1690. The van der Waals surface area contributed by atoms with Crippen LogP contribution in [0.4, 0.5) is 0 Å². The maximum Gasteiger partial charge on any atom is 0.306 e. The number of carbonyl (C=O) groups is 3. The molecule has 0 spiro atoms. The van der Waals surface area contributed by atoms with Crippen molar-refractivity contribution in [1.82, 2.24) is 0 Å². The molecule has 1 unspecified atom stereocenters. The van der Waals surface area contributed by atoms with E-state index < -0.39 is 6.10 Å². The quantitative estimate of drug-likeness (QED) is 0.0261. The summed E-state index contributed by atoms with van der Waals surface area (Å²) in [5.74, 6) is -0.895. The Labute approximate surface area is 507 Å². The Balaban J connectivity index is 4.32. The molecule has 0 amide bonds. The number of unbranched alkanes of at least 4 members (excludes halogenated alkanes) is 31. The van der Waals surface area contributed by atoms with Gasteiger partial charge in [-0.05, 0) is 135 Å². The summed E-state index contributed by atoms with van der Waals surface area (Å²) in [6, 6.07) is 0. The molecule has 468 valence electrons. The lowest BCUT2D eigenvalue weighted by atomic mass is 10.1. The van der Waals surface area contributed by atoms with Crippen LogP contribution in [-0.2, 0) is 28.6 Å². The largest absolute Gasteiger partial charge is 0.462 e. The van der Waals surface area contributed by atoms with Gasteiger partial charge in [-0.25, -0.2) is 0 Å². The molecule has 0 bridgehead atoms. The smallest absolute Gasteiger partial charge is 0.306 e. The van der Waals surface area contributed by atoms with Gasteiger partial charge >= 0.3 is 17.9 Å². The van der Waals surface area contributed by atoms with E-state index in [9.17, 15) is 14.4 Å². The number of rotatable bonds is 62. The fourth-order valence-corrected chi connectivity index (χ4v) is 9.51. The second-order valence-electron chi connectivity index (χ2n) is 22.7. The molecule has 6 heteroatoms. The number of carbonyl (C=O) groups excluding carboxylic acids is 3. The molecule has 0 aliphatic rings. The third-order valence-electron chi connectivity index (χ3n) is 14.7. The Morgan fingerprint density at radius 2 is 0.476 bits per heavy atom. The monoisotopic (exact) mass is 1140 g/mol. The standard InChI is InChI=1S/C76H128O6/c1-4-7-10-13-16-19-22-25-28-30-32-33-34-35-36-37-38-39-40-41-42-43-45-46-48-51-54-57-60-63-66-69-75(78)81-72-73(71-80-74(77)68-65-62-59-56-53-50-27-24-21-18-15-12-9-6-3)82-76(79)70-67-64-61-58-55-52-49-47-44-31-29-26-23-20-17-14-11-8-5-2/h7,10,16-17,19-20,24-29,32-33,35-36,38-39,41-42,73H,4-6,8-9,11-15,18,21-23,30-31,34,37,40,43-72H2,1-3H3/b10-7-,19-16-,20-17-,27-24-,28-25-,29-26-,33-32-,36-35-,39-38-,42-41-. The summed E-state index contributed by atoms with van der Waals surface area (Å²) in [4.78, 5) is 38.4. The van der Waals surface area contributed by atoms with Gasteiger partial charge in [0.15, 0.2) is 6.10 Å². The topological polar surface area (TPSA) is 78.9 Å². The molecular formula is C76H128O6. The molecule has 1 atom stereocenters. The first-order valence-electron chi connectivity index (χ1n) is 34.5. The Hall–Kier alpha value is -4.19. The van der Waals surface area contributed by atoms with Gasteiger partial charge in [-0.15, -0.1) is 0 Å². The van der Waals surface area contributed by atoms with Crippen LogP contribution >= 0.6 is 0 Å². The molecule has 0 aromatic heterocycles. The van der Waals surface area contributed by atoms with E-state index in [2.05, 4.69) is 142 Å². The third kappa shape index (κ3) is 66.6. The van der Waals surface area contributed by atoms with E-state index in [1.807, 2.05) is 0 Å². The molecule has 0 aliphatic carbocycles. The van der Waals surface area contributed by atoms with Crippen LogP contribution in [0.15, 0.2) is 122 Å². The van der Waals surface area contributed by atoms with Gasteiger partial charge in [0, 0.05) is 19.3 Å². The highest BCUT2D eigenvalue weighted by Gasteiger charge is 2.19. The average Bonchev–Trinajstić information content (AvgIpc) is 3.47. The summed E-state index contributed by atoms with van der Waals surface area (Å²) in [5.41, 5.74) is 0. The van der Waals surface area contributed by atoms with Crippen LogP contribution in [0.3, 0.4) is 0 Å². The SMILES string of the molecule is CC/C=C\C/C=C\C/C=C\C/C=C\C/C=C\C/C=C\C/C=C\CCCCCCCCCCCC(=O)OCC(COC(=O)CCCCCCC/C=C\CCCCCCC)OC(=O)CCCCCCCCCCC/C=C\C/C=C\CCCCC. The molecule has 0 aliphatic heterocycles. The fraction of sp³-hybridized carbons (Fsp3) is 0.697. The van der Waals surface area contributed by atoms with Crippen molar-refractivity contribution in [2.45, 2.75) is 329 Å². The maximum atomic E-state index is 12.9.